The molecule has 7 nitrogen and oxygen atoms in total. The van der Waals surface area contributed by atoms with Crippen LogP contribution in [0.5, 0.6) is 5.75 Å². The number of hydrogen-bond acceptors (Lipinski definition) is 7. The quantitative estimate of drug-likeness (QED) is 0.644. The van der Waals surface area contributed by atoms with E-state index in [4.69, 9.17) is 9.57 Å². The maximum atomic E-state index is 13.3. The number of anilines is 1. The van der Waals surface area contributed by atoms with E-state index >= 15 is 0 Å². The summed E-state index contributed by atoms with van der Waals surface area (Å²) in [5, 5.41) is 2.06. The molecule has 1 unspecified atom stereocenters. The number of methoxy groups -OCH3 is 1. The molecule has 2 aromatic heterocycles. The van der Waals surface area contributed by atoms with E-state index in [1.165, 1.54) is 12.4 Å². The Hall–Kier alpha value is -3.10. The zero-order chi connectivity index (χ0) is 20.6. The number of ether oxygens (including phenoxy) is 1. The van der Waals surface area contributed by atoms with Crippen LogP contribution in [0.4, 0.5) is 10.3 Å². The van der Waals surface area contributed by atoms with E-state index in [2.05, 4.69) is 31.0 Å². The fraction of sp³-hybridized carbons (Fsp3) is 0.318. The van der Waals surface area contributed by atoms with Crippen LogP contribution in [0.25, 0.3) is 0 Å². The Morgan fingerprint density at radius 3 is 2.67 bits per heavy atom. The normalized spacial score (nSPS) is 23.5. The second kappa shape index (κ2) is 7.62. The zero-order valence-corrected chi connectivity index (χ0v) is 16.6. The van der Waals surface area contributed by atoms with Gasteiger partial charge in [0, 0.05) is 31.4 Å². The van der Waals surface area contributed by atoms with Crippen molar-refractivity contribution in [3.05, 3.63) is 78.1 Å². The van der Waals surface area contributed by atoms with Crippen LogP contribution in [0, 0.1) is 11.7 Å². The molecule has 1 aromatic carbocycles. The van der Waals surface area contributed by atoms with Crippen molar-refractivity contribution in [3.8, 4) is 5.75 Å². The summed E-state index contributed by atoms with van der Waals surface area (Å²) in [6, 6.07) is 12.0. The molecular weight excluding hydrogens is 385 g/mol. The van der Waals surface area contributed by atoms with Gasteiger partial charge in [0.25, 0.3) is 0 Å². The first kappa shape index (κ1) is 18.9. The van der Waals surface area contributed by atoms with Gasteiger partial charge in [-0.15, -0.1) is 0 Å². The molecule has 0 spiro atoms. The minimum Gasteiger partial charge on any atom is -0.497 e. The minimum absolute atomic E-state index is 0.202. The monoisotopic (exact) mass is 407 g/mol. The van der Waals surface area contributed by atoms with Gasteiger partial charge in [-0.05, 0) is 29.3 Å². The lowest BCUT2D eigenvalue weighted by molar-refractivity contribution is -0.172. The summed E-state index contributed by atoms with van der Waals surface area (Å²) >= 11 is 0. The summed E-state index contributed by atoms with van der Waals surface area (Å²) in [6.45, 7) is 2.56. The van der Waals surface area contributed by atoms with E-state index in [1.807, 2.05) is 36.5 Å². The van der Waals surface area contributed by atoms with Crippen molar-refractivity contribution in [1.82, 2.24) is 20.0 Å². The van der Waals surface area contributed by atoms with E-state index in [-0.39, 0.29) is 5.92 Å². The van der Waals surface area contributed by atoms with Gasteiger partial charge < -0.3 is 9.64 Å². The molecule has 3 aromatic rings. The number of rotatable bonds is 5. The van der Waals surface area contributed by atoms with Crippen molar-refractivity contribution in [2.75, 3.05) is 31.7 Å². The SMILES string of the molecule is COc1ccc(CN2OCC3CN(c4ncc(F)cn4)C[C@@]32c2cccnc2)cc1. The van der Waals surface area contributed by atoms with Gasteiger partial charge >= 0.3 is 0 Å². The van der Waals surface area contributed by atoms with Crippen LogP contribution in [-0.4, -0.2) is 46.8 Å². The minimum atomic E-state index is -0.440. The molecule has 2 aliphatic rings. The highest BCUT2D eigenvalue weighted by molar-refractivity contribution is 5.40. The Labute approximate surface area is 174 Å². The predicted octanol–water partition coefficient (Wildman–Crippen LogP) is 2.80. The first-order valence-corrected chi connectivity index (χ1v) is 9.85. The molecular formula is C22H22FN5O2. The average Bonchev–Trinajstić information content (AvgIpc) is 3.33. The van der Waals surface area contributed by atoms with E-state index in [1.54, 1.807) is 13.3 Å². The zero-order valence-electron chi connectivity index (χ0n) is 16.6. The molecule has 30 heavy (non-hydrogen) atoms. The molecule has 154 valence electrons. The van der Waals surface area contributed by atoms with Crippen LogP contribution in [0.15, 0.2) is 61.2 Å². The van der Waals surface area contributed by atoms with Crippen molar-refractivity contribution in [2.45, 2.75) is 12.1 Å². The van der Waals surface area contributed by atoms with Gasteiger partial charge in [0.15, 0.2) is 5.82 Å². The molecule has 0 bridgehead atoms. The molecule has 0 amide bonds. The lowest BCUT2D eigenvalue weighted by Crippen LogP contribution is -2.46. The van der Waals surface area contributed by atoms with Gasteiger partial charge in [-0.2, -0.15) is 5.06 Å². The van der Waals surface area contributed by atoms with Crippen molar-refractivity contribution in [2.24, 2.45) is 5.92 Å². The standard InChI is InChI=1S/C22H22FN5O2/c1-29-20-6-4-16(5-7-20)12-28-22(17-3-2-8-24-9-17)15-27(13-18(22)14-30-28)21-25-10-19(23)11-26-21/h2-11,18H,12-15H2,1H3/t18?,22-/m1/s1. The number of pyridine rings is 1. The fourth-order valence-corrected chi connectivity index (χ4v) is 4.46. The summed E-state index contributed by atoms with van der Waals surface area (Å²) in [5.74, 6) is 1.11. The van der Waals surface area contributed by atoms with Crippen LogP contribution in [0.3, 0.4) is 0 Å². The summed E-state index contributed by atoms with van der Waals surface area (Å²) in [5.41, 5.74) is 1.81. The van der Waals surface area contributed by atoms with E-state index < -0.39 is 11.4 Å². The average molecular weight is 407 g/mol. The number of hydroxylamine groups is 2. The Kier molecular flexibility index (Phi) is 4.80. The highest BCUT2D eigenvalue weighted by Gasteiger charge is 2.57. The smallest absolute Gasteiger partial charge is 0.225 e. The van der Waals surface area contributed by atoms with Gasteiger partial charge in [-0.25, -0.2) is 14.4 Å². The fourth-order valence-electron chi connectivity index (χ4n) is 4.46. The van der Waals surface area contributed by atoms with Gasteiger partial charge in [0.1, 0.15) is 5.75 Å². The maximum absolute atomic E-state index is 13.3. The number of benzene rings is 1. The Morgan fingerprint density at radius 2 is 1.97 bits per heavy atom. The molecule has 5 rings (SSSR count). The lowest BCUT2D eigenvalue weighted by atomic mass is 9.82. The van der Waals surface area contributed by atoms with Gasteiger partial charge in [-0.3, -0.25) is 9.82 Å². The van der Waals surface area contributed by atoms with Crippen LogP contribution < -0.4 is 9.64 Å². The highest BCUT2D eigenvalue weighted by Crippen LogP contribution is 2.48. The van der Waals surface area contributed by atoms with Gasteiger partial charge in [0.05, 0.1) is 38.2 Å². The second-order valence-corrected chi connectivity index (χ2v) is 7.63. The summed E-state index contributed by atoms with van der Waals surface area (Å²) in [4.78, 5) is 21.0. The van der Waals surface area contributed by atoms with Crippen LogP contribution in [0.2, 0.25) is 0 Å². The number of nitrogens with zero attached hydrogens (tertiary/aromatic N) is 5. The first-order chi connectivity index (χ1) is 14.7. The van der Waals surface area contributed by atoms with Crippen molar-refractivity contribution in [1.29, 1.82) is 0 Å². The van der Waals surface area contributed by atoms with Crippen molar-refractivity contribution >= 4 is 5.95 Å². The Bertz CT molecular complexity index is 1000. The summed E-state index contributed by atoms with van der Waals surface area (Å²) in [6.07, 6.45) is 6.09. The molecule has 0 saturated carbocycles. The number of halogens is 1. The molecule has 0 aliphatic carbocycles. The predicted molar refractivity (Wildman–Crippen MR) is 108 cm³/mol. The van der Waals surface area contributed by atoms with E-state index in [0.29, 0.717) is 25.6 Å². The number of hydrogen-bond donors (Lipinski definition) is 0. The molecule has 2 aliphatic heterocycles. The molecule has 2 saturated heterocycles. The molecule has 0 N–H and O–H groups in total. The van der Waals surface area contributed by atoms with E-state index in [0.717, 1.165) is 23.4 Å². The highest BCUT2D eigenvalue weighted by atomic mass is 19.1. The maximum Gasteiger partial charge on any atom is 0.225 e. The second-order valence-electron chi connectivity index (χ2n) is 7.63. The van der Waals surface area contributed by atoms with Crippen molar-refractivity contribution in [3.63, 3.8) is 0 Å². The third-order valence-corrected chi connectivity index (χ3v) is 5.96. The molecule has 8 heteroatoms. The van der Waals surface area contributed by atoms with Crippen LogP contribution >= 0.6 is 0 Å². The molecule has 2 atom stereocenters. The number of fused-ring (bicyclic) bond motifs is 1. The molecule has 4 heterocycles. The Morgan fingerprint density at radius 1 is 1.17 bits per heavy atom. The van der Waals surface area contributed by atoms with Gasteiger partial charge in [-0.1, -0.05) is 18.2 Å². The summed E-state index contributed by atoms with van der Waals surface area (Å²) in [7, 11) is 1.66. The van der Waals surface area contributed by atoms with Gasteiger partial charge in [0.2, 0.25) is 5.95 Å². The molecule has 2 fully saturated rings. The van der Waals surface area contributed by atoms with Crippen LogP contribution in [-0.2, 0) is 16.9 Å². The third-order valence-electron chi connectivity index (χ3n) is 5.96. The van der Waals surface area contributed by atoms with Crippen LogP contribution in [0.1, 0.15) is 11.1 Å². The third kappa shape index (κ3) is 3.18. The van der Waals surface area contributed by atoms with E-state index in [9.17, 15) is 4.39 Å². The lowest BCUT2D eigenvalue weighted by Gasteiger charge is -2.36. The Balaban J connectivity index is 1.49. The number of aromatic nitrogens is 3. The first-order valence-electron chi connectivity index (χ1n) is 9.85. The summed E-state index contributed by atoms with van der Waals surface area (Å²) < 4.78 is 18.6. The van der Waals surface area contributed by atoms with Crippen molar-refractivity contribution < 1.29 is 14.0 Å². The largest absolute Gasteiger partial charge is 0.497 e. The molecule has 0 radical (unpaired) electrons. The topological polar surface area (TPSA) is 63.6 Å².